The highest BCUT2D eigenvalue weighted by Gasteiger charge is 2.11. The van der Waals surface area contributed by atoms with Crippen molar-refractivity contribution in [2.45, 2.75) is 33.2 Å². The summed E-state index contributed by atoms with van der Waals surface area (Å²) in [6.45, 7) is 4.67. The lowest BCUT2D eigenvalue weighted by atomic mass is 10.2. The fourth-order valence-corrected chi connectivity index (χ4v) is 2.59. The molecule has 2 N–H and O–H groups in total. The molecule has 1 aromatic heterocycles. The molecule has 2 aromatic rings. The van der Waals surface area contributed by atoms with Crippen LogP contribution in [0.2, 0.25) is 0 Å². The first-order valence-electron chi connectivity index (χ1n) is 9.11. The summed E-state index contributed by atoms with van der Waals surface area (Å²) in [6.07, 6.45) is 0.459. The summed E-state index contributed by atoms with van der Waals surface area (Å²) < 4.78 is 6.87. The summed E-state index contributed by atoms with van der Waals surface area (Å²) in [6, 6.07) is 9.71. The summed E-state index contributed by atoms with van der Waals surface area (Å²) in [5.41, 5.74) is 2.73. The lowest BCUT2D eigenvalue weighted by Crippen LogP contribution is -2.30. The van der Waals surface area contributed by atoms with Crippen LogP contribution in [0.5, 0.6) is 0 Å². The number of carbonyl (C=O) groups excluding carboxylic acids is 3. The second-order valence-electron chi connectivity index (χ2n) is 6.39. The lowest BCUT2D eigenvalue weighted by molar-refractivity contribution is -0.124. The molecule has 29 heavy (non-hydrogen) atoms. The van der Waals surface area contributed by atoms with Crippen LogP contribution in [0.15, 0.2) is 30.3 Å². The number of benzene rings is 1. The number of nitriles is 1. The van der Waals surface area contributed by atoms with Gasteiger partial charge >= 0.3 is 5.97 Å². The first-order chi connectivity index (χ1) is 13.9. The number of aromatic nitrogens is 2. The van der Waals surface area contributed by atoms with Crippen molar-refractivity contribution >= 4 is 23.5 Å². The highest BCUT2D eigenvalue weighted by atomic mass is 16.5. The smallest absolute Gasteiger partial charge is 0.338 e. The highest BCUT2D eigenvalue weighted by Crippen LogP contribution is 2.11. The highest BCUT2D eigenvalue weighted by molar-refractivity contribution is 5.94. The molecule has 0 fully saturated rings. The number of ether oxygens (including phenoxy) is 1. The molecular formula is C20H23N5O4. The molecule has 2 rings (SSSR count). The van der Waals surface area contributed by atoms with Gasteiger partial charge in [0.05, 0.1) is 17.3 Å². The van der Waals surface area contributed by atoms with E-state index in [1.807, 2.05) is 24.6 Å². The Balaban J connectivity index is 1.68. The van der Waals surface area contributed by atoms with Crippen molar-refractivity contribution in [2.24, 2.45) is 0 Å². The van der Waals surface area contributed by atoms with Crippen LogP contribution >= 0.6 is 0 Å². The minimum Gasteiger partial charge on any atom is -0.452 e. The minimum absolute atomic E-state index is 0.250. The van der Waals surface area contributed by atoms with Gasteiger partial charge in [0, 0.05) is 24.5 Å². The zero-order chi connectivity index (χ0) is 21.2. The van der Waals surface area contributed by atoms with Crippen LogP contribution in [-0.4, -0.2) is 40.7 Å². The molecule has 0 saturated heterocycles. The maximum Gasteiger partial charge on any atom is 0.338 e. The number of amides is 2. The van der Waals surface area contributed by atoms with Crippen LogP contribution in [-0.2, 0) is 20.9 Å². The molecular weight excluding hydrogens is 374 g/mol. The van der Waals surface area contributed by atoms with Crippen LogP contribution in [0, 0.1) is 25.2 Å². The van der Waals surface area contributed by atoms with Crippen molar-refractivity contribution in [1.29, 1.82) is 5.26 Å². The second-order valence-corrected chi connectivity index (χ2v) is 6.39. The number of esters is 1. The standard InChI is InChI=1S/C20H23N5O4/c1-14-12-15(2)25(24-14)11-3-10-22-19(27)13-29-20(28)16-4-6-17(7-5-16)23-18(26)8-9-21/h4-7,12H,3,8,10-11,13H2,1-2H3,(H,22,27)(H,23,26). The van der Waals surface area contributed by atoms with Crippen LogP contribution < -0.4 is 10.6 Å². The van der Waals surface area contributed by atoms with Gasteiger partial charge in [-0.3, -0.25) is 14.3 Å². The van der Waals surface area contributed by atoms with Gasteiger partial charge in [0.25, 0.3) is 5.91 Å². The predicted octanol–water partition coefficient (Wildman–Crippen LogP) is 1.72. The van der Waals surface area contributed by atoms with Crippen LogP contribution in [0.4, 0.5) is 5.69 Å². The molecule has 0 aliphatic heterocycles. The zero-order valence-electron chi connectivity index (χ0n) is 16.4. The average Bonchev–Trinajstić information content (AvgIpc) is 3.01. The molecule has 1 aromatic carbocycles. The molecule has 152 valence electrons. The SMILES string of the molecule is Cc1cc(C)n(CCCNC(=O)COC(=O)c2ccc(NC(=O)CC#N)cc2)n1. The van der Waals surface area contributed by atoms with Crippen LogP contribution in [0.25, 0.3) is 0 Å². The first kappa shape index (κ1) is 21.6. The molecule has 0 saturated carbocycles. The van der Waals surface area contributed by atoms with E-state index in [1.54, 1.807) is 6.07 Å². The van der Waals surface area contributed by atoms with E-state index in [-0.39, 0.29) is 24.5 Å². The van der Waals surface area contributed by atoms with Gasteiger partial charge in [0.15, 0.2) is 6.61 Å². The van der Waals surface area contributed by atoms with Gasteiger partial charge in [-0.15, -0.1) is 0 Å². The summed E-state index contributed by atoms with van der Waals surface area (Å²) in [4.78, 5) is 35.1. The molecule has 0 aliphatic rings. The van der Waals surface area contributed by atoms with E-state index < -0.39 is 11.9 Å². The average molecular weight is 397 g/mol. The van der Waals surface area contributed by atoms with Crippen molar-refractivity contribution < 1.29 is 19.1 Å². The van der Waals surface area contributed by atoms with Crippen molar-refractivity contribution in [3.63, 3.8) is 0 Å². The Hall–Kier alpha value is -3.67. The number of nitrogens with zero attached hydrogens (tertiary/aromatic N) is 3. The molecule has 0 bridgehead atoms. The minimum atomic E-state index is -0.641. The topological polar surface area (TPSA) is 126 Å². The van der Waals surface area contributed by atoms with Gasteiger partial charge < -0.3 is 15.4 Å². The fourth-order valence-electron chi connectivity index (χ4n) is 2.59. The lowest BCUT2D eigenvalue weighted by Gasteiger charge is -2.08. The maximum absolute atomic E-state index is 12.0. The summed E-state index contributed by atoms with van der Waals surface area (Å²) in [5, 5.41) is 18.0. The Morgan fingerprint density at radius 2 is 1.90 bits per heavy atom. The first-order valence-corrected chi connectivity index (χ1v) is 9.11. The van der Waals surface area contributed by atoms with E-state index in [2.05, 4.69) is 15.7 Å². The van der Waals surface area contributed by atoms with Crippen molar-refractivity contribution in [2.75, 3.05) is 18.5 Å². The Morgan fingerprint density at radius 3 is 2.52 bits per heavy atom. The van der Waals surface area contributed by atoms with Crippen molar-refractivity contribution in [3.05, 3.63) is 47.3 Å². The third-order valence-electron chi connectivity index (χ3n) is 3.95. The van der Waals surface area contributed by atoms with Crippen LogP contribution in [0.3, 0.4) is 0 Å². The van der Waals surface area contributed by atoms with Gasteiger partial charge in [-0.25, -0.2) is 4.79 Å². The Bertz CT molecular complexity index is 912. The Labute approximate surface area is 168 Å². The number of carbonyl (C=O) groups is 3. The van der Waals surface area contributed by atoms with E-state index >= 15 is 0 Å². The van der Waals surface area contributed by atoms with E-state index in [0.29, 0.717) is 25.2 Å². The summed E-state index contributed by atoms with van der Waals surface area (Å²) in [5.74, 6) is -1.46. The largest absolute Gasteiger partial charge is 0.452 e. The maximum atomic E-state index is 12.0. The molecule has 9 nitrogen and oxygen atoms in total. The number of hydrogen-bond donors (Lipinski definition) is 2. The Morgan fingerprint density at radius 1 is 1.17 bits per heavy atom. The van der Waals surface area contributed by atoms with Crippen molar-refractivity contribution in [3.8, 4) is 6.07 Å². The number of hydrogen-bond acceptors (Lipinski definition) is 6. The van der Waals surface area contributed by atoms with E-state index in [9.17, 15) is 14.4 Å². The van der Waals surface area contributed by atoms with Crippen molar-refractivity contribution in [1.82, 2.24) is 15.1 Å². The number of anilines is 1. The molecule has 0 atom stereocenters. The third-order valence-corrected chi connectivity index (χ3v) is 3.95. The number of aryl methyl sites for hydroxylation is 3. The monoisotopic (exact) mass is 397 g/mol. The summed E-state index contributed by atoms with van der Waals surface area (Å²) >= 11 is 0. The van der Waals surface area contributed by atoms with E-state index in [4.69, 9.17) is 10.00 Å². The fraction of sp³-hybridized carbons (Fsp3) is 0.350. The quantitative estimate of drug-likeness (QED) is 0.490. The normalized spacial score (nSPS) is 10.1. The molecule has 0 unspecified atom stereocenters. The molecule has 0 radical (unpaired) electrons. The molecule has 9 heteroatoms. The van der Waals surface area contributed by atoms with Gasteiger partial charge in [0.1, 0.15) is 6.42 Å². The number of nitrogens with one attached hydrogen (secondary N) is 2. The number of rotatable bonds is 9. The Kier molecular flexibility index (Phi) is 7.91. The molecule has 2 amide bonds. The van der Waals surface area contributed by atoms with E-state index in [0.717, 1.165) is 11.4 Å². The third kappa shape index (κ3) is 7.10. The van der Waals surface area contributed by atoms with Gasteiger partial charge in [-0.05, 0) is 50.6 Å². The predicted molar refractivity (Wildman–Crippen MR) is 105 cm³/mol. The summed E-state index contributed by atoms with van der Waals surface area (Å²) in [7, 11) is 0. The zero-order valence-corrected chi connectivity index (χ0v) is 16.4. The van der Waals surface area contributed by atoms with E-state index in [1.165, 1.54) is 24.3 Å². The van der Waals surface area contributed by atoms with Gasteiger partial charge in [-0.2, -0.15) is 10.4 Å². The van der Waals surface area contributed by atoms with Gasteiger partial charge in [-0.1, -0.05) is 0 Å². The molecule has 0 aliphatic carbocycles. The molecule has 0 spiro atoms. The van der Waals surface area contributed by atoms with Gasteiger partial charge in [0.2, 0.25) is 5.91 Å². The second kappa shape index (κ2) is 10.6. The molecule has 1 heterocycles. The van der Waals surface area contributed by atoms with Crippen LogP contribution in [0.1, 0.15) is 34.6 Å².